The van der Waals surface area contributed by atoms with Crippen LogP contribution in [0.4, 0.5) is 10.1 Å². The quantitative estimate of drug-likeness (QED) is 0.493. The Morgan fingerprint density at radius 3 is 2.38 bits per heavy atom. The number of hydrogen-bond acceptors (Lipinski definition) is 3. The Hall–Kier alpha value is -3.40. The molecule has 0 N–H and O–H groups in total. The van der Waals surface area contributed by atoms with Gasteiger partial charge in [0.1, 0.15) is 22.9 Å². The molecule has 128 valence electrons. The maximum atomic E-state index is 13.2. The molecular weight excluding hydrogens is 329 g/mol. The lowest BCUT2D eigenvalue weighted by atomic mass is 10.1. The molecule has 3 aromatic carbocycles. The second-order valence-corrected chi connectivity index (χ2v) is 5.81. The number of nitrogens with zero attached hydrogens (tertiary/aromatic N) is 1. The van der Waals surface area contributed by atoms with Gasteiger partial charge in [-0.3, -0.25) is 0 Å². The summed E-state index contributed by atoms with van der Waals surface area (Å²) in [4.78, 5) is 4.69. The van der Waals surface area contributed by atoms with E-state index in [-0.39, 0.29) is 5.82 Å². The van der Waals surface area contributed by atoms with Crippen molar-refractivity contribution in [3.05, 3.63) is 90.0 Å². The first-order valence-corrected chi connectivity index (χ1v) is 8.20. The highest BCUT2D eigenvalue weighted by Crippen LogP contribution is 2.25. The highest BCUT2D eigenvalue weighted by molar-refractivity contribution is 5.80. The molecule has 0 amide bonds. The van der Waals surface area contributed by atoms with E-state index in [0.29, 0.717) is 17.0 Å². The molecule has 0 unspecified atom stereocenters. The molecule has 3 nitrogen and oxygen atoms in total. The zero-order valence-electron chi connectivity index (χ0n) is 14.1. The lowest BCUT2D eigenvalue weighted by molar-refractivity contribution is 0.415. The number of methoxy groups -OCH3 is 1. The van der Waals surface area contributed by atoms with E-state index < -0.39 is 0 Å². The predicted molar refractivity (Wildman–Crippen MR) is 99.8 cm³/mol. The number of hydrogen-bond donors (Lipinski definition) is 0. The molecular formula is C22H16FNO2. The smallest absolute Gasteiger partial charge is 0.137 e. The third-order valence-corrected chi connectivity index (χ3v) is 4.08. The summed E-state index contributed by atoms with van der Waals surface area (Å²) in [7, 11) is 1.62. The van der Waals surface area contributed by atoms with Gasteiger partial charge in [0.15, 0.2) is 0 Å². The summed E-state index contributed by atoms with van der Waals surface area (Å²) in [6.07, 6.45) is 0. The zero-order valence-corrected chi connectivity index (χ0v) is 14.1. The summed E-state index contributed by atoms with van der Waals surface area (Å²) in [5.74, 6) is 1.14. The molecule has 4 rings (SSSR count). The van der Waals surface area contributed by atoms with E-state index in [4.69, 9.17) is 9.15 Å². The minimum absolute atomic E-state index is 0.288. The molecule has 4 heteroatoms. The highest BCUT2D eigenvalue weighted by Gasteiger charge is 2.07. The molecule has 1 aromatic heterocycles. The number of fused-ring (bicyclic) bond motifs is 1. The fourth-order valence-corrected chi connectivity index (χ4v) is 2.77. The van der Waals surface area contributed by atoms with Crippen molar-refractivity contribution in [2.45, 2.75) is 0 Å². The topological polar surface area (TPSA) is 34.7 Å². The van der Waals surface area contributed by atoms with Crippen molar-refractivity contribution in [2.24, 2.45) is 4.99 Å². The maximum absolute atomic E-state index is 13.2. The lowest BCUT2D eigenvalue weighted by Crippen LogP contribution is -2.03. The van der Waals surface area contributed by atoms with Gasteiger partial charge in [-0.05, 0) is 42.5 Å². The van der Waals surface area contributed by atoms with Crippen LogP contribution in [0.5, 0.6) is 5.75 Å². The Labute approximate surface area is 150 Å². The van der Waals surface area contributed by atoms with E-state index >= 15 is 0 Å². The van der Waals surface area contributed by atoms with Gasteiger partial charge in [0, 0.05) is 17.0 Å². The molecule has 0 bridgehead atoms. The molecule has 0 saturated heterocycles. The van der Waals surface area contributed by atoms with E-state index in [1.807, 2.05) is 54.6 Å². The van der Waals surface area contributed by atoms with Crippen LogP contribution in [0.2, 0.25) is 0 Å². The summed E-state index contributed by atoms with van der Waals surface area (Å²) < 4.78 is 24.6. The average Bonchev–Trinajstić information content (AvgIpc) is 2.70. The van der Waals surface area contributed by atoms with Gasteiger partial charge in [0.25, 0.3) is 0 Å². The fraction of sp³-hybridized carbons (Fsp3) is 0.0455. The standard InChI is InChI=1S/C22H16FNO2/c1-25-18-11-12-21-19(13-18)20(24-17-9-7-16(23)8-10-17)14-22(26-21)15-5-3-2-4-6-15/h2-14H,1H3. The minimum Gasteiger partial charge on any atom is -0.497 e. The predicted octanol–water partition coefficient (Wildman–Crippen LogP) is 5.48. The Morgan fingerprint density at radius 1 is 0.885 bits per heavy atom. The van der Waals surface area contributed by atoms with Gasteiger partial charge in [0.05, 0.1) is 18.2 Å². The Morgan fingerprint density at radius 2 is 1.65 bits per heavy atom. The molecule has 0 fully saturated rings. The normalized spacial score (nSPS) is 11.7. The van der Waals surface area contributed by atoms with Crippen LogP contribution in [0.3, 0.4) is 0 Å². The van der Waals surface area contributed by atoms with Crippen LogP contribution >= 0.6 is 0 Å². The number of halogens is 1. The monoisotopic (exact) mass is 345 g/mol. The molecule has 0 atom stereocenters. The number of rotatable bonds is 3. The van der Waals surface area contributed by atoms with Crippen molar-refractivity contribution in [3.63, 3.8) is 0 Å². The van der Waals surface area contributed by atoms with Gasteiger partial charge in [0.2, 0.25) is 0 Å². The van der Waals surface area contributed by atoms with Gasteiger partial charge >= 0.3 is 0 Å². The van der Waals surface area contributed by atoms with Gasteiger partial charge in [-0.15, -0.1) is 0 Å². The van der Waals surface area contributed by atoms with Crippen LogP contribution in [-0.2, 0) is 0 Å². The number of ether oxygens (including phenoxy) is 1. The Bertz CT molecular complexity index is 1120. The van der Waals surface area contributed by atoms with E-state index in [9.17, 15) is 4.39 Å². The SMILES string of the molecule is COc1ccc2oc(-c3ccccc3)cc(=Nc3ccc(F)cc3)c2c1. The van der Waals surface area contributed by atoms with Crippen molar-refractivity contribution < 1.29 is 13.5 Å². The van der Waals surface area contributed by atoms with Crippen molar-refractivity contribution in [1.29, 1.82) is 0 Å². The summed E-state index contributed by atoms with van der Waals surface area (Å²) in [5.41, 5.74) is 2.33. The van der Waals surface area contributed by atoms with Gasteiger partial charge < -0.3 is 9.15 Å². The summed E-state index contributed by atoms with van der Waals surface area (Å²) in [5, 5.41) is 1.56. The summed E-state index contributed by atoms with van der Waals surface area (Å²) in [6.45, 7) is 0. The highest BCUT2D eigenvalue weighted by atomic mass is 19.1. The molecule has 0 radical (unpaired) electrons. The van der Waals surface area contributed by atoms with Crippen LogP contribution in [0.1, 0.15) is 0 Å². The van der Waals surface area contributed by atoms with Gasteiger partial charge in [-0.25, -0.2) is 9.38 Å². The van der Waals surface area contributed by atoms with E-state index in [1.54, 1.807) is 19.2 Å². The van der Waals surface area contributed by atoms with Crippen LogP contribution < -0.4 is 10.1 Å². The first-order valence-electron chi connectivity index (χ1n) is 8.20. The van der Waals surface area contributed by atoms with Gasteiger partial charge in [-0.1, -0.05) is 30.3 Å². The average molecular weight is 345 g/mol. The molecule has 4 aromatic rings. The lowest BCUT2D eigenvalue weighted by Gasteiger charge is -2.07. The van der Waals surface area contributed by atoms with Crippen molar-refractivity contribution in [2.75, 3.05) is 7.11 Å². The molecule has 0 aliphatic rings. The van der Waals surface area contributed by atoms with Crippen molar-refractivity contribution in [1.82, 2.24) is 0 Å². The molecule has 0 saturated carbocycles. The van der Waals surface area contributed by atoms with Crippen LogP contribution in [0, 0.1) is 5.82 Å². The minimum atomic E-state index is -0.288. The molecule has 0 aliphatic carbocycles. The third kappa shape index (κ3) is 3.22. The van der Waals surface area contributed by atoms with E-state index in [2.05, 4.69) is 4.99 Å². The van der Waals surface area contributed by atoms with Crippen LogP contribution in [-0.4, -0.2) is 7.11 Å². The van der Waals surface area contributed by atoms with E-state index in [1.165, 1.54) is 12.1 Å². The van der Waals surface area contributed by atoms with E-state index in [0.717, 1.165) is 22.1 Å². The molecule has 0 aliphatic heterocycles. The first kappa shape index (κ1) is 16.1. The summed E-state index contributed by atoms with van der Waals surface area (Å²) in [6, 6.07) is 23.4. The molecule has 0 spiro atoms. The maximum Gasteiger partial charge on any atom is 0.137 e. The zero-order chi connectivity index (χ0) is 17.9. The van der Waals surface area contributed by atoms with Crippen molar-refractivity contribution in [3.8, 4) is 17.1 Å². The fourth-order valence-electron chi connectivity index (χ4n) is 2.77. The Kier molecular flexibility index (Phi) is 4.23. The largest absolute Gasteiger partial charge is 0.497 e. The number of benzene rings is 3. The second-order valence-electron chi connectivity index (χ2n) is 5.81. The summed E-state index contributed by atoms with van der Waals surface area (Å²) >= 11 is 0. The Balaban J connectivity index is 1.99. The third-order valence-electron chi connectivity index (χ3n) is 4.08. The first-order chi connectivity index (χ1) is 12.7. The van der Waals surface area contributed by atoms with Crippen molar-refractivity contribution >= 4 is 16.7 Å². The molecule has 1 heterocycles. The van der Waals surface area contributed by atoms with Crippen LogP contribution in [0.15, 0.2) is 88.3 Å². The molecule has 26 heavy (non-hydrogen) atoms. The van der Waals surface area contributed by atoms with Crippen LogP contribution in [0.25, 0.3) is 22.3 Å². The second kappa shape index (κ2) is 6.84. The van der Waals surface area contributed by atoms with Gasteiger partial charge in [-0.2, -0.15) is 0 Å².